The molecule has 0 fully saturated rings. The number of rotatable bonds is 3. The minimum atomic E-state index is 0.160. The molecule has 11 heavy (non-hydrogen) atoms. The number of hydrogen-bond acceptors (Lipinski definition) is 1. The molecule has 60 valence electrons. The highest BCUT2D eigenvalue weighted by molar-refractivity contribution is 14.1. The van der Waals surface area contributed by atoms with E-state index in [0.29, 0.717) is 0 Å². The standard InChI is InChI=1S/C9H11IO/c10-6-5-8-3-1-2-4-9(8)7-11/h1-4,11H,5-7H2. The normalized spacial score (nSPS) is 10.0. The van der Waals surface area contributed by atoms with Gasteiger partial charge in [-0.2, -0.15) is 0 Å². The van der Waals surface area contributed by atoms with E-state index in [0.717, 1.165) is 16.4 Å². The SMILES string of the molecule is OCc1ccccc1CCI. The zero-order valence-electron chi connectivity index (χ0n) is 6.26. The van der Waals surface area contributed by atoms with E-state index in [-0.39, 0.29) is 6.61 Å². The number of hydrogen-bond donors (Lipinski definition) is 1. The van der Waals surface area contributed by atoms with Crippen LogP contribution in [0.15, 0.2) is 24.3 Å². The van der Waals surface area contributed by atoms with E-state index in [1.807, 2.05) is 18.2 Å². The number of alkyl halides is 1. The van der Waals surface area contributed by atoms with Crippen molar-refractivity contribution in [3.63, 3.8) is 0 Å². The van der Waals surface area contributed by atoms with Crippen LogP contribution in [-0.4, -0.2) is 9.53 Å². The lowest BCUT2D eigenvalue weighted by Gasteiger charge is -2.03. The van der Waals surface area contributed by atoms with Crippen molar-refractivity contribution >= 4 is 22.6 Å². The van der Waals surface area contributed by atoms with Gasteiger partial charge in [0.15, 0.2) is 0 Å². The minimum absolute atomic E-state index is 0.160. The van der Waals surface area contributed by atoms with Crippen molar-refractivity contribution in [3.8, 4) is 0 Å². The Morgan fingerprint density at radius 3 is 2.36 bits per heavy atom. The summed E-state index contributed by atoms with van der Waals surface area (Å²) in [5.41, 5.74) is 2.33. The van der Waals surface area contributed by atoms with Crippen LogP contribution < -0.4 is 0 Å². The molecule has 1 nitrogen and oxygen atoms in total. The monoisotopic (exact) mass is 262 g/mol. The summed E-state index contributed by atoms with van der Waals surface area (Å²) in [6, 6.07) is 8.02. The van der Waals surface area contributed by atoms with E-state index < -0.39 is 0 Å². The zero-order chi connectivity index (χ0) is 8.10. The molecule has 0 atom stereocenters. The van der Waals surface area contributed by atoms with Gasteiger partial charge >= 0.3 is 0 Å². The minimum Gasteiger partial charge on any atom is -0.392 e. The number of aliphatic hydroxyl groups is 1. The lowest BCUT2D eigenvalue weighted by molar-refractivity contribution is 0.280. The summed E-state index contributed by atoms with van der Waals surface area (Å²) in [7, 11) is 0. The van der Waals surface area contributed by atoms with E-state index in [4.69, 9.17) is 5.11 Å². The molecule has 0 aliphatic carbocycles. The Hall–Kier alpha value is -0.0900. The van der Waals surface area contributed by atoms with Gasteiger partial charge in [0.1, 0.15) is 0 Å². The maximum absolute atomic E-state index is 8.94. The molecule has 0 saturated heterocycles. The topological polar surface area (TPSA) is 20.2 Å². The smallest absolute Gasteiger partial charge is 0.0684 e. The largest absolute Gasteiger partial charge is 0.392 e. The van der Waals surface area contributed by atoms with Gasteiger partial charge in [0.25, 0.3) is 0 Å². The Bertz CT molecular complexity index is 223. The first-order valence-corrected chi connectivity index (χ1v) is 5.14. The quantitative estimate of drug-likeness (QED) is 0.653. The zero-order valence-corrected chi connectivity index (χ0v) is 8.41. The summed E-state index contributed by atoms with van der Waals surface area (Å²) in [4.78, 5) is 0. The van der Waals surface area contributed by atoms with Crippen molar-refractivity contribution < 1.29 is 5.11 Å². The van der Waals surface area contributed by atoms with Gasteiger partial charge in [0.05, 0.1) is 6.61 Å². The van der Waals surface area contributed by atoms with E-state index >= 15 is 0 Å². The number of aliphatic hydroxyl groups excluding tert-OH is 1. The molecule has 1 rings (SSSR count). The third-order valence-corrected chi connectivity index (χ3v) is 2.19. The van der Waals surface area contributed by atoms with Gasteiger partial charge in [-0.1, -0.05) is 46.9 Å². The first kappa shape index (κ1) is 9.00. The molecule has 0 aliphatic rings. The Morgan fingerprint density at radius 2 is 1.82 bits per heavy atom. The molecule has 0 radical (unpaired) electrons. The average Bonchev–Trinajstić information content (AvgIpc) is 2.06. The van der Waals surface area contributed by atoms with E-state index in [2.05, 4.69) is 28.7 Å². The fourth-order valence-corrected chi connectivity index (χ4v) is 1.64. The lowest BCUT2D eigenvalue weighted by Crippen LogP contribution is -1.93. The second-order valence-electron chi connectivity index (χ2n) is 2.37. The highest BCUT2D eigenvalue weighted by atomic mass is 127. The number of aryl methyl sites for hydroxylation is 1. The van der Waals surface area contributed by atoms with Gasteiger partial charge in [-0.15, -0.1) is 0 Å². The predicted octanol–water partition coefficient (Wildman–Crippen LogP) is 2.16. The number of halogens is 1. The van der Waals surface area contributed by atoms with Gasteiger partial charge < -0.3 is 5.11 Å². The molecule has 1 N–H and O–H groups in total. The maximum atomic E-state index is 8.94. The Kier molecular flexibility index (Phi) is 3.86. The van der Waals surface area contributed by atoms with E-state index in [1.54, 1.807) is 0 Å². The summed E-state index contributed by atoms with van der Waals surface area (Å²) in [5.74, 6) is 0. The molecule has 0 heterocycles. The summed E-state index contributed by atoms with van der Waals surface area (Å²) >= 11 is 2.34. The van der Waals surface area contributed by atoms with Gasteiger partial charge in [-0.3, -0.25) is 0 Å². The van der Waals surface area contributed by atoms with E-state index in [9.17, 15) is 0 Å². The molecule has 2 heteroatoms. The summed E-state index contributed by atoms with van der Waals surface area (Å²) < 4.78 is 1.11. The summed E-state index contributed by atoms with van der Waals surface area (Å²) in [6.45, 7) is 0.160. The van der Waals surface area contributed by atoms with Crippen LogP contribution in [0.2, 0.25) is 0 Å². The molecule has 0 saturated carbocycles. The lowest BCUT2D eigenvalue weighted by atomic mass is 10.1. The van der Waals surface area contributed by atoms with Gasteiger partial charge in [0.2, 0.25) is 0 Å². The van der Waals surface area contributed by atoms with Crippen molar-refractivity contribution in [2.45, 2.75) is 13.0 Å². The fourth-order valence-electron chi connectivity index (χ4n) is 1.06. The first-order chi connectivity index (χ1) is 5.38. The third kappa shape index (κ3) is 2.45. The van der Waals surface area contributed by atoms with Crippen LogP contribution in [0.1, 0.15) is 11.1 Å². The van der Waals surface area contributed by atoms with E-state index in [1.165, 1.54) is 5.56 Å². The summed E-state index contributed by atoms with van der Waals surface area (Å²) in [6.07, 6.45) is 1.05. The average molecular weight is 262 g/mol. The third-order valence-electron chi connectivity index (χ3n) is 1.65. The molecule has 1 aromatic carbocycles. The van der Waals surface area contributed by atoms with Crippen LogP contribution in [0, 0.1) is 0 Å². The van der Waals surface area contributed by atoms with Crippen molar-refractivity contribution in [1.29, 1.82) is 0 Å². The van der Waals surface area contributed by atoms with Crippen molar-refractivity contribution in [3.05, 3.63) is 35.4 Å². The molecule has 0 aromatic heterocycles. The van der Waals surface area contributed by atoms with Crippen LogP contribution in [0.25, 0.3) is 0 Å². The Balaban J connectivity index is 2.83. The van der Waals surface area contributed by atoms with Crippen LogP contribution in [0.3, 0.4) is 0 Å². The highest BCUT2D eigenvalue weighted by Crippen LogP contribution is 2.10. The van der Waals surface area contributed by atoms with Crippen LogP contribution in [0.4, 0.5) is 0 Å². The second-order valence-corrected chi connectivity index (χ2v) is 3.44. The maximum Gasteiger partial charge on any atom is 0.0684 e. The first-order valence-electron chi connectivity index (χ1n) is 3.62. The van der Waals surface area contributed by atoms with Crippen LogP contribution >= 0.6 is 22.6 Å². The number of benzene rings is 1. The molecule has 0 unspecified atom stereocenters. The Morgan fingerprint density at radius 1 is 1.18 bits per heavy atom. The second kappa shape index (κ2) is 4.72. The van der Waals surface area contributed by atoms with Crippen LogP contribution in [-0.2, 0) is 13.0 Å². The molecular weight excluding hydrogens is 251 g/mol. The van der Waals surface area contributed by atoms with Crippen LogP contribution in [0.5, 0.6) is 0 Å². The Labute approximate surface area is 80.6 Å². The summed E-state index contributed by atoms with van der Waals surface area (Å²) in [5, 5.41) is 8.94. The predicted molar refractivity (Wildman–Crippen MR) is 55.0 cm³/mol. The molecule has 0 amide bonds. The molecular formula is C9H11IO. The molecule has 0 aliphatic heterocycles. The van der Waals surface area contributed by atoms with Crippen molar-refractivity contribution in [1.82, 2.24) is 0 Å². The van der Waals surface area contributed by atoms with Gasteiger partial charge in [-0.05, 0) is 17.5 Å². The highest BCUT2D eigenvalue weighted by Gasteiger charge is 1.97. The van der Waals surface area contributed by atoms with Gasteiger partial charge in [-0.25, -0.2) is 0 Å². The molecule has 0 spiro atoms. The van der Waals surface area contributed by atoms with Crippen molar-refractivity contribution in [2.24, 2.45) is 0 Å². The van der Waals surface area contributed by atoms with Gasteiger partial charge in [0, 0.05) is 4.43 Å². The molecule has 0 bridgehead atoms. The van der Waals surface area contributed by atoms with Crippen molar-refractivity contribution in [2.75, 3.05) is 4.43 Å². The molecule has 1 aromatic rings. The fraction of sp³-hybridized carbons (Fsp3) is 0.333.